The summed E-state index contributed by atoms with van der Waals surface area (Å²) < 4.78 is 81.4. The molecule has 0 aromatic heterocycles. The first-order valence-corrected chi connectivity index (χ1v) is 18.1. The molecule has 0 spiro atoms. The Balaban J connectivity index is 1.17. The van der Waals surface area contributed by atoms with Crippen LogP contribution in [-0.4, -0.2) is 54.3 Å². The van der Waals surface area contributed by atoms with E-state index in [0.29, 0.717) is 38.5 Å². The molecule has 5 aliphatic carbocycles. The molecule has 48 heavy (non-hydrogen) atoms. The van der Waals surface area contributed by atoms with Crippen LogP contribution < -0.4 is 4.74 Å². The fourth-order valence-electron chi connectivity index (χ4n) is 8.41. The number of halogens is 3. The second kappa shape index (κ2) is 12.6. The highest BCUT2D eigenvalue weighted by atomic mass is 127. The molecule has 258 valence electrons. The van der Waals surface area contributed by atoms with Crippen LogP contribution in [0.15, 0.2) is 48.5 Å². The molecule has 4 bridgehead atoms. The van der Waals surface area contributed by atoms with Crippen molar-refractivity contribution in [3.8, 4) is 5.75 Å². The lowest BCUT2D eigenvalue weighted by atomic mass is 9.48. The molecule has 0 aliphatic heterocycles. The van der Waals surface area contributed by atoms with Gasteiger partial charge in [0.1, 0.15) is 16.8 Å². The molecule has 5 fully saturated rings. The molecule has 2 aromatic rings. The lowest BCUT2D eigenvalue weighted by Crippen LogP contribution is -2.61. The van der Waals surface area contributed by atoms with Crippen molar-refractivity contribution in [1.82, 2.24) is 0 Å². The van der Waals surface area contributed by atoms with Gasteiger partial charge in [-0.1, -0.05) is 36.4 Å². The summed E-state index contributed by atoms with van der Waals surface area (Å²) in [7, 11) is -6.12. The maximum atomic E-state index is 14.1. The van der Waals surface area contributed by atoms with Gasteiger partial charge in [-0.3, -0.25) is 4.79 Å². The van der Waals surface area contributed by atoms with Crippen LogP contribution in [0, 0.1) is 20.8 Å². The first kappa shape index (κ1) is 34.7. The fourth-order valence-corrected chi connectivity index (χ4v) is 9.22. The molecule has 0 amide bonds. The molecule has 0 heterocycles. The van der Waals surface area contributed by atoms with E-state index in [2.05, 4.69) is 4.74 Å². The van der Waals surface area contributed by atoms with Crippen LogP contribution in [-0.2, 0) is 44.3 Å². The summed E-state index contributed by atoms with van der Waals surface area (Å²) in [5.74, 6) is -5.06. The summed E-state index contributed by atoms with van der Waals surface area (Å²) in [4.78, 5) is 53.0. The average Bonchev–Trinajstić information content (AvgIpc) is 3.49. The standard InChI is InChI=1S/C33H33F2IO11S/c34-33(35,48(41,42)43)19-44-26(37)23-9-6-10-24(36)25(23)45-27(38)28(39)46-31-16-20-13-21(17-31)15-30(14-20,18-31)29(40)47-32(11-4-5-12-32)22-7-2-1-3-8-22/h1-3,6-10,20-21H,4-5,11-19H2,(H,41,42,43)/p-1. The van der Waals surface area contributed by atoms with Gasteiger partial charge in [0.15, 0.2) is 22.5 Å². The average molecular weight is 802 g/mol. The van der Waals surface area contributed by atoms with E-state index in [0.717, 1.165) is 30.9 Å². The lowest BCUT2D eigenvalue weighted by Gasteiger charge is -2.60. The molecule has 2 atom stereocenters. The molecule has 15 heteroatoms. The largest absolute Gasteiger partial charge is 0.743 e. The minimum Gasteiger partial charge on any atom is -0.743 e. The maximum absolute atomic E-state index is 14.1. The summed E-state index contributed by atoms with van der Waals surface area (Å²) in [5.41, 5.74) is -2.34. The maximum Gasteiger partial charge on any atom is 0.422 e. The molecule has 5 aliphatic rings. The van der Waals surface area contributed by atoms with Crippen LogP contribution in [0.1, 0.15) is 80.1 Å². The van der Waals surface area contributed by atoms with Crippen LogP contribution in [0.3, 0.4) is 0 Å². The Morgan fingerprint density at radius 3 is 2.17 bits per heavy atom. The fraction of sp³-hybridized carbons (Fsp3) is 0.515. The van der Waals surface area contributed by atoms with Crippen LogP contribution in [0.5, 0.6) is 5.75 Å². The van der Waals surface area contributed by atoms with Crippen molar-refractivity contribution < 1.29 is 59.9 Å². The van der Waals surface area contributed by atoms with E-state index in [1.165, 1.54) is 12.1 Å². The van der Waals surface area contributed by atoms with E-state index in [-0.39, 0.29) is 27.8 Å². The first-order valence-electron chi connectivity index (χ1n) is 15.6. The number of alkyl halides is 2. The zero-order valence-corrected chi connectivity index (χ0v) is 28.6. The van der Waals surface area contributed by atoms with Crippen LogP contribution >= 0.6 is 22.6 Å². The molecule has 2 unspecified atom stereocenters. The number of rotatable bonds is 9. The predicted molar refractivity (Wildman–Crippen MR) is 168 cm³/mol. The Morgan fingerprint density at radius 2 is 1.54 bits per heavy atom. The van der Waals surface area contributed by atoms with Crippen molar-refractivity contribution in [3.05, 3.63) is 63.2 Å². The van der Waals surface area contributed by atoms with Gasteiger partial charge in [-0.15, -0.1) is 0 Å². The van der Waals surface area contributed by atoms with Gasteiger partial charge >= 0.3 is 29.1 Å². The van der Waals surface area contributed by atoms with Gasteiger partial charge < -0.3 is 23.5 Å². The van der Waals surface area contributed by atoms with E-state index in [1.54, 1.807) is 22.6 Å². The highest BCUT2D eigenvalue weighted by molar-refractivity contribution is 14.1. The van der Waals surface area contributed by atoms with Crippen molar-refractivity contribution in [3.63, 3.8) is 0 Å². The van der Waals surface area contributed by atoms with E-state index in [1.807, 2.05) is 30.3 Å². The second-order valence-corrected chi connectivity index (χ2v) is 16.1. The van der Waals surface area contributed by atoms with Gasteiger partial charge in [0.2, 0.25) is 0 Å². The van der Waals surface area contributed by atoms with Crippen molar-refractivity contribution in [1.29, 1.82) is 0 Å². The Morgan fingerprint density at radius 1 is 0.896 bits per heavy atom. The van der Waals surface area contributed by atoms with Gasteiger partial charge in [-0.05, 0) is 110 Å². The number of benzene rings is 2. The van der Waals surface area contributed by atoms with Gasteiger partial charge in [-0.2, -0.15) is 8.78 Å². The number of esters is 4. The number of carbonyl (C=O) groups excluding carboxylic acids is 4. The SMILES string of the molecule is O=C(Oc1c(I)cccc1C(=O)OCC(F)(F)S(=O)(=O)[O-])C(=O)OC12CC3CC(C1)CC(C(=O)OC1(c4ccccc4)CCCC1)(C3)C2. The van der Waals surface area contributed by atoms with Crippen molar-refractivity contribution in [2.24, 2.45) is 17.3 Å². The number of para-hydroxylation sites is 1. The third kappa shape index (κ3) is 6.56. The summed E-state index contributed by atoms with van der Waals surface area (Å²) >= 11 is 1.67. The Hall–Kier alpha value is -3.18. The van der Waals surface area contributed by atoms with Crippen LogP contribution in [0.25, 0.3) is 0 Å². The van der Waals surface area contributed by atoms with Crippen molar-refractivity contribution >= 4 is 56.6 Å². The third-order valence-corrected chi connectivity index (χ3v) is 11.7. The van der Waals surface area contributed by atoms with Crippen molar-refractivity contribution in [2.75, 3.05) is 6.61 Å². The molecular weight excluding hydrogens is 769 g/mol. The van der Waals surface area contributed by atoms with Gasteiger partial charge in [0.25, 0.3) is 0 Å². The van der Waals surface area contributed by atoms with E-state index in [9.17, 15) is 40.9 Å². The quantitative estimate of drug-likeness (QED) is 0.0799. The van der Waals surface area contributed by atoms with Gasteiger partial charge in [0, 0.05) is 6.42 Å². The predicted octanol–water partition coefficient (Wildman–Crippen LogP) is 5.39. The molecule has 2 aromatic carbocycles. The minimum atomic E-state index is -6.12. The Bertz CT molecular complexity index is 1730. The number of ether oxygens (including phenoxy) is 4. The Kier molecular flexibility index (Phi) is 9.11. The van der Waals surface area contributed by atoms with Crippen molar-refractivity contribution in [2.45, 2.75) is 80.7 Å². The molecule has 0 radical (unpaired) electrons. The number of hydrogen-bond donors (Lipinski definition) is 0. The minimum absolute atomic E-state index is 0.0754. The second-order valence-electron chi connectivity index (χ2n) is 13.4. The summed E-state index contributed by atoms with van der Waals surface area (Å²) in [6.45, 7) is -2.07. The monoisotopic (exact) mass is 801 g/mol. The number of hydrogen-bond acceptors (Lipinski definition) is 11. The number of carbonyl (C=O) groups is 4. The summed E-state index contributed by atoms with van der Waals surface area (Å²) in [6, 6.07) is 13.4. The highest BCUT2D eigenvalue weighted by Gasteiger charge is 2.64. The van der Waals surface area contributed by atoms with Gasteiger partial charge in [0.05, 0.1) is 8.99 Å². The molecule has 11 nitrogen and oxygen atoms in total. The zero-order valence-electron chi connectivity index (χ0n) is 25.6. The summed E-state index contributed by atoms with van der Waals surface area (Å²) in [5, 5.41) is -4.90. The molecular formula is C33H32F2IO11S-. The van der Waals surface area contributed by atoms with Crippen LogP contribution in [0.4, 0.5) is 8.78 Å². The molecule has 0 N–H and O–H groups in total. The normalized spacial score (nSPS) is 27.2. The third-order valence-electron chi connectivity index (χ3n) is 10.0. The topological polar surface area (TPSA) is 162 Å². The molecule has 7 rings (SSSR count). The van der Waals surface area contributed by atoms with E-state index in [4.69, 9.17) is 14.2 Å². The van der Waals surface area contributed by atoms with E-state index < -0.39 is 67.8 Å². The zero-order chi connectivity index (χ0) is 34.5. The van der Waals surface area contributed by atoms with Crippen LogP contribution in [0.2, 0.25) is 0 Å². The lowest BCUT2D eigenvalue weighted by molar-refractivity contribution is -0.220. The molecule has 5 saturated carbocycles. The molecule has 0 saturated heterocycles. The Labute approximate surface area is 288 Å². The summed E-state index contributed by atoms with van der Waals surface area (Å²) in [6.07, 6.45) is 6.44. The van der Waals surface area contributed by atoms with E-state index >= 15 is 0 Å². The smallest absolute Gasteiger partial charge is 0.422 e. The highest BCUT2D eigenvalue weighted by Crippen LogP contribution is 2.64. The van der Waals surface area contributed by atoms with Gasteiger partial charge in [-0.25, -0.2) is 22.8 Å². The first-order chi connectivity index (χ1) is 22.6.